The van der Waals surface area contributed by atoms with Crippen molar-refractivity contribution in [3.8, 4) is 0 Å². The first-order valence-corrected chi connectivity index (χ1v) is 6.17. The average molecular weight is 225 g/mol. The van der Waals surface area contributed by atoms with Crippen LogP contribution in [0, 0.1) is 0 Å². The Morgan fingerprint density at radius 2 is 2.27 bits per heavy atom. The Morgan fingerprint density at radius 3 is 2.87 bits per heavy atom. The van der Waals surface area contributed by atoms with Gasteiger partial charge in [0.15, 0.2) is 0 Å². The average Bonchev–Trinajstić information content (AvgIpc) is 2.85. The maximum Gasteiger partial charge on any atom is 0.252 e. The van der Waals surface area contributed by atoms with Gasteiger partial charge < -0.3 is 10.4 Å². The Balaban J connectivity index is 1.87. The molecule has 2 rings (SSSR count). The molecule has 0 radical (unpaired) electrons. The quantitative estimate of drug-likeness (QED) is 0.822. The minimum atomic E-state index is -1.10. The highest BCUT2D eigenvalue weighted by molar-refractivity contribution is 7.07. The Hall–Kier alpha value is -0.870. The standard InChI is InChI=1S/C11H15NO2S/c13-10(11(14)4-1-2-5-11)12-7-9-3-6-15-8-9/h3,6,8,14H,1-2,4-5,7H2,(H,12,13). The maximum atomic E-state index is 11.7. The van der Waals surface area contributed by atoms with Crippen molar-refractivity contribution in [2.24, 2.45) is 0 Å². The van der Waals surface area contributed by atoms with Gasteiger partial charge in [-0.15, -0.1) is 0 Å². The highest BCUT2D eigenvalue weighted by Gasteiger charge is 2.38. The molecule has 1 fully saturated rings. The highest BCUT2D eigenvalue weighted by Crippen LogP contribution is 2.29. The minimum Gasteiger partial charge on any atom is -0.380 e. The number of rotatable bonds is 3. The fraction of sp³-hybridized carbons (Fsp3) is 0.545. The van der Waals surface area contributed by atoms with E-state index in [0.29, 0.717) is 19.4 Å². The van der Waals surface area contributed by atoms with Crippen LogP contribution < -0.4 is 5.32 Å². The SMILES string of the molecule is O=C(NCc1ccsc1)C1(O)CCCC1. The molecule has 1 amide bonds. The summed E-state index contributed by atoms with van der Waals surface area (Å²) >= 11 is 1.61. The van der Waals surface area contributed by atoms with Crippen LogP contribution in [0.15, 0.2) is 16.8 Å². The van der Waals surface area contributed by atoms with Crippen LogP contribution in [0.3, 0.4) is 0 Å². The molecule has 3 nitrogen and oxygen atoms in total. The molecule has 1 aromatic rings. The molecule has 2 N–H and O–H groups in total. The van der Waals surface area contributed by atoms with Gasteiger partial charge in [0.25, 0.3) is 5.91 Å². The van der Waals surface area contributed by atoms with E-state index >= 15 is 0 Å². The summed E-state index contributed by atoms with van der Waals surface area (Å²) in [6.07, 6.45) is 3.09. The third-order valence-electron chi connectivity index (χ3n) is 2.89. The normalized spacial score (nSPS) is 19.0. The number of nitrogens with one attached hydrogen (secondary N) is 1. The summed E-state index contributed by atoms with van der Waals surface area (Å²) in [5, 5.41) is 16.7. The summed E-state index contributed by atoms with van der Waals surface area (Å²) in [4.78, 5) is 11.7. The molecule has 1 aliphatic carbocycles. The van der Waals surface area contributed by atoms with Crippen molar-refractivity contribution in [1.29, 1.82) is 0 Å². The number of thiophene rings is 1. The lowest BCUT2D eigenvalue weighted by Crippen LogP contribution is -2.44. The second kappa shape index (κ2) is 4.33. The monoisotopic (exact) mass is 225 g/mol. The van der Waals surface area contributed by atoms with Gasteiger partial charge in [-0.3, -0.25) is 4.79 Å². The van der Waals surface area contributed by atoms with Crippen LogP contribution in [0.1, 0.15) is 31.2 Å². The van der Waals surface area contributed by atoms with Crippen LogP contribution >= 0.6 is 11.3 Å². The largest absolute Gasteiger partial charge is 0.380 e. The molecule has 4 heteroatoms. The molecule has 15 heavy (non-hydrogen) atoms. The number of amides is 1. The summed E-state index contributed by atoms with van der Waals surface area (Å²) < 4.78 is 0. The van der Waals surface area contributed by atoms with Gasteiger partial charge in [0.1, 0.15) is 5.60 Å². The maximum absolute atomic E-state index is 11.7. The summed E-state index contributed by atoms with van der Waals surface area (Å²) in [7, 11) is 0. The summed E-state index contributed by atoms with van der Waals surface area (Å²) in [6, 6.07) is 1.98. The zero-order valence-electron chi connectivity index (χ0n) is 8.53. The number of aliphatic hydroxyl groups is 1. The molecule has 0 aromatic carbocycles. The van der Waals surface area contributed by atoms with Crippen LogP contribution in [0.2, 0.25) is 0 Å². The molecule has 0 atom stereocenters. The van der Waals surface area contributed by atoms with E-state index in [1.807, 2.05) is 16.8 Å². The van der Waals surface area contributed by atoms with Crippen LogP contribution in [-0.4, -0.2) is 16.6 Å². The van der Waals surface area contributed by atoms with Gasteiger partial charge in [-0.1, -0.05) is 0 Å². The number of carbonyl (C=O) groups is 1. The molecular formula is C11H15NO2S. The van der Waals surface area contributed by atoms with Gasteiger partial charge in [0.2, 0.25) is 0 Å². The van der Waals surface area contributed by atoms with E-state index < -0.39 is 5.60 Å². The first kappa shape index (κ1) is 10.6. The smallest absolute Gasteiger partial charge is 0.252 e. The van der Waals surface area contributed by atoms with Crippen molar-refractivity contribution in [2.75, 3.05) is 0 Å². The van der Waals surface area contributed by atoms with Crippen LogP contribution in [0.5, 0.6) is 0 Å². The van der Waals surface area contributed by atoms with Crippen LogP contribution in [-0.2, 0) is 11.3 Å². The third kappa shape index (κ3) is 2.38. The summed E-state index contributed by atoms with van der Waals surface area (Å²) in [5.74, 6) is -0.216. The molecule has 0 saturated heterocycles. The molecule has 82 valence electrons. The van der Waals surface area contributed by atoms with Crippen molar-refractivity contribution in [3.63, 3.8) is 0 Å². The molecule has 0 spiro atoms. The second-order valence-corrected chi connectivity index (χ2v) is 4.83. The fourth-order valence-corrected chi connectivity index (χ4v) is 2.60. The van der Waals surface area contributed by atoms with Crippen molar-refractivity contribution in [3.05, 3.63) is 22.4 Å². The first-order valence-electron chi connectivity index (χ1n) is 5.22. The lowest BCUT2D eigenvalue weighted by Gasteiger charge is -2.20. The van der Waals surface area contributed by atoms with Gasteiger partial charge in [-0.05, 0) is 48.1 Å². The Kier molecular flexibility index (Phi) is 3.07. The highest BCUT2D eigenvalue weighted by atomic mass is 32.1. The lowest BCUT2D eigenvalue weighted by atomic mass is 10.0. The molecule has 0 unspecified atom stereocenters. The Bertz CT molecular complexity index is 328. The van der Waals surface area contributed by atoms with E-state index in [4.69, 9.17) is 0 Å². The Labute approximate surface area is 93.1 Å². The zero-order valence-corrected chi connectivity index (χ0v) is 9.35. The van der Waals surface area contributed by atoms with E-state index in [1.54, 1.807) is 11.3 Å². The topological polar surface area (TPSA) is 49.3 Å². The van der Waals surface area contributed by atoms with Gasteiger partial charge in [-0.2, -0.15) is 11.3 Å². The fourth-order valence-electron chi connectivity index (χ4n) is 1.93. The summed E-state index contributed by atoms with van der Waals surface area (Å²) in [6.45, 7) is 0.518. The number of carbonyl (C=O) groups excluding carboxylic acids is 1. The van der Waals surface area contributed by atoms with E-state index in [2.05, 4.69) is 5.32 Å². The van der Waals surface area contributed by atoms with E-state index in [0.717, 1.165) is 18.4 Å². The number of hydrogen-bond acceptors (Lipinski definition) is 3. The molecule has 1 heterocycles. The van der Waals surface area contributed by atoms with E-state index in [9.17, 15) is 9.90 Å². The van der Waals surface area contributed by atoms with Crippen LogP contribution in [0.25, 0.3) is 0 Å². The molecular weight excluding hydrogens is 210 g/mol. The second-order valence-electron chi connectivity index (χ2n) is 4.05. The molecule has 0 aliphatic heterocycles. The van der Waals surface area contributed by atoms with Crippen molar-refractivity contribution in [2.45, 2.75) is 37.8 Å². The zero-order chi connectivity index (χ0) is 10.7. The number of hydrogen-bond donors (Lipinski definition) is 2. The molecule has 0 bridgehead atoms. The van der Waals surface area contributed by atoms with Gasteiger partial charge in [-0.25, -0.2) is 0 Å². The van der Waals surface area contributed by atoms with Crippen molar-refractivity contribution >= 4 is 17.2 Å². The molecule has 1 saturated carbocycles. The summed E-state index contributed by atoms with van der Waals surface area (Å²) in [5.41, 5.74) is -0.00863. The third-order valence-corrected chi connectivity index (χ3v) is 3.62. The first-order chi connectivity index (χ1) is 7.21. The van der Waals surface area contributed by atoms with Gasteiger partial charge in [0, 0.05) is 6.54 Å². The molecule has 1 aliphatic rings. The Morgan fingerprint density at radius 1 is 1.53 bits per heavy atom. The van der Waals surface area contributed by atoms with E-state index in [1.165, 1.54) is 0 Å². The predicted octanol–water partition coefficient (Wildman–Crippen LogP) is 1.67. The molecule has 1 aromatic heterocycles. The lowest BCUT2D eigenvalue weighted by molar-refractivity contribution is -0.139. The predicted molar refractivity (Wildman–Crippen MR) is 59.6 cm³/mol. The van der Waals surface area contributed by atoms with Gasteiger partial charge >= 0.3 is 0 Å². The van der Waals surface area contributed by atoms with Crippen LogP contribution in [0.4, 0.5) is 0 Å². The van der Waals surface area contributed by atoms with Crippen molar-refractivity contribution in [1.82, 2.24) is 5.32 Å². The van der Waals surface area contributed by atoms with Gasteiger partial charge in [0.05, 0.1) is 0 Å². The van der Waals surface area contributed by atoms with Crippen molar-refractivity contribution < 1.29 is 9.90 Å². The van der Waals surface area contributed by atoms with E-state index in [-0.39, 0.29) is 5.91 Å². The minimum absolute atomic E-state index is 0.216.